The first-order chi connectivity index (χ1) is 11.0. The predicted octanol–water partition coefficient (Wildman–Crippen LogP) is 0.944. The first-order valence-electron chi connectivity index (χ1n) is 7.54. The minimum atomic E-state index is -0.688. The Hall–Kier alpha value is -2.57. The lowest BCUT2D eigenvalue weighted by molar-refractivity contribution is -0.128. The summed E-state index contributed by atoms with van der Waals surface area (Å²) in [5, 5.41) is 7.51. The van der Waals surface area contributed by atoms with Gasteiger partial charge in [-0.1, -0.05) is 37.3 Å². The van der Waals surface area contributed by atoms with Gasteiger partial charge in [0.15, 0.2) is 0 Å². The van der Waals surface area contributed by atoms with Gasteiger partial charge in [-0.3, -0.25) is 9.59 Å². The third kappa shape index (κ3) is 7.85. The number of benzene rings is 1. The van der Waals surface area contributed by atoms with Crippen molar-refractivity contribution in [3.63, 3.8) is 0 Å². The molecule has 0 aliphatic rings. The molecule has 3 amide bonds. The number of ether oxygens (including phenoxy) is 1. The summed E-state index contributed by atoms with van der Waals surface area (Å²) in [4.78, 5) is 34.7. The molecule has 0 radical (unpaired) electrons. The van der Waals surface area contributed by atoms with Crippen molar-refractivity contribution < 1.29 is 19.1 Å². The monoisotopic (exact) mass is 321 g/mol. The Bertz CT molecular complexity index is 519. The molecule has 0 aliphatic heterocycles. The third-order valence-electron chi connectivity index (χ3n) is 2.93. The first kappa shape index (κ1) is 18.5. The van der Waals surface area contributed by atoms with Crippen LogP contribution in [0.15, 0.2) is 30.3 Å². The Kier molecular flexibility index (Phi) is 8.20. The molecule has 126 valence electrons. The highest BCUT2D eigenvalue weighted by Gasteiger charge is 2.15. The molecule has 1 atom stereocenters. The van der Waals surface area contributed by atoms with Gasteiger partial charge in [-0.05, 0) is 18.9 Å². The smallest absolute Gasteiger partial charge is 0.407 e. The Balaban J connectivity index is 2.22. The zero-order chi connectivity index (χ0) is 17.1. The summed E-state index contributed by atoms with van der Waals surface area (Å²) in [6.07, 6.45) is 0.133. The zero-order valence-corrected chi connectivity index (χ0v) is 13.4. The highest BCUT2D eigenvalue weighted by Crippen LogP contribution is 2.00. The summed E-state index contributed by atoms with van der Waals surface area (Å²) in [6.45, 7) is 3.96. The molecule has 7 heteroatoms. The number of carbonyl (C=O) groups excluding carboxylic acids is 3. The summed E-state index contributed by atoms with van der Waals surface area (Å²) in [7, 11) is 0. The average Bonchev–Trinajstić information content (AvgIpc) is 2.56. The molecule has 0 heterocycles. The van der Waals surface area contributed by atoms with Gasteiger partial charge in [-0.15, -0.1) is 0 Å². The summed E-state index contributed by atoms with van der Waals surface area (Å²) in [5.41, 5.74) is 0.855. The lowest BCUT2D eigenvalue weighted by Crippen LogP contribution is -2.48. The molecule has 0 saturated heterocycles. The van der Waals surface area contributed by atoms with Crippen LogP contribution < -0.4 is 16.0 Å². The van der Waals surface area contributed by atoms with Gasteiger partial charge >= 0.3 is 6.09 Å². The van der Waals surface area contributed by atoms with Crippen molar-refractivity contribution >= 4 is 17.9 Å². The molecule has 0 saturated carbocycles. The van der Waals surface area contributed by atoms with Crippen molar-refractivity contribution in [2.45, 2.75) is 32.9 Å². The molecular formula is C16H23N3O4. The van der Waals surface area contributed by atoms with E-state index in [4.69, 9.17) is 4.74 Å². The number of amides is 3. The normalized spacial score (nSPS) is 11.2. The summed E-state index contributed by atoms with van der Waals surface area (Å²) in [5.74, 6) is -0.715. The fourth-order valence-electron chi connectivity index (χ4n) is 1.69. The van der Waals surface area contributed by atoms with E-state index in [9.17, 15) is 14.4 Å². The Morgan fingerprint density at radius 2 is 1.83 bits per heavy atom. The lowest BCUT2D eigenvalue weighted by atomic mass is 10.2. The minimum Gasteiger partial charge on any atom is -0.445 e. The predicted molar refractivity (Wildman–Crippen MR) is 85.5 cm³/mol. The highest BCUT2D eigenvalue weighted by atomic mass is 16.5. The summed E-state index contributed by atoms with van der Waals surface area (Å²) >= 11 is 0. The SMILES string of the molecule is CCCNC(=O)[C@H](C)NC(=O)CNC(=O)OCc1ccccc1. The van der Waals surface area contributed by atoms with Crippen LogP contribution in [0.25, 0.3) is 0 Å². The van der Waals surface area contributed by atoms with Gasteiger partial charge < -0.3 is 20.7 Å². The molecule has 23 heavy (non-hydrogen) atoms. The second kappa shape index (κ2) is 10.2. The minimum absolute atomic E-state index is 0.129. The molecular weight excluding hydrogens is 298 g/mol. The molecule has 3 N–H and O–H groups in total. The van der Waals surface area contributed by atoms with Crippen LogP contribution in [0, 0.1) is 0 Å². The van der Waals surface area contributed by atoms with Crippen molar-refractivity contribution in [1.82, 2.24) is 16.0 Å². The van der Waals surface area contributed by atoms with E-state index in [0.717, 1.165) is 12.0 Å². The maximum atomic E-state index is 11.6. The van der Waals surface area contributed by atoms with Gasteiger partial charge in [0.25, 0.3) is 0 Å². The van der Waals surface area contributed by atoms with Crippen LogP contribution in [-0.2, 0) is 20.9 Å². The molecule has 0 aromatic heterocycles. The molecule has 0 spiro atoms. The van der Waals surface area contributed by atoms with E-state index in [0.29, 0.717) is 6.54 Å². The summed E-state index contributed by atoms with van der Waals surface area (Å²) in [6, 6.07) is 8.55. The van der Waals surface area contributed by atoms with E-state index in [1.807, 2.05) is 37.3 Å². The van der Waals surface area contributed by atoms with Gasteiger partial charge in [0, 0.05) is 6.54 Å². The van der Waals surface area contributed by atoms with E-state index >= 15 is 0 Å². The summed E-state index contributed by atoms with van der Waals surface area (Å²) < 4.78 is 4.97. The highest BCUT2D eigenvalue weighted by molar-refractivity contribution is 5.89. The Morgan fingerprint density at radius 1 is 1.13 bits per heavy atom. The van der Waals surface area contributed by atoms with Crippen LogP contribution in [0.3, 0.4) is 0 Å². The number of alkyl carbamates (subject to hydrolysis) is 1. The van der Waals surface area contributed by atoms with E-state index in [1.54, 1.807) is 6.92 Å². The number of carbonyl (C=O) groups is 3. The van der Waals surface area contributed by atoms with Crippen LogP contribution >= 0.6 is 0 Å². The molecule has 0 bridgehead atoms. The van der Waals surface area contributed by atoms with Gasteiger partial charge in [-0.25, -0.2) is 4.79 Å². The molecule has 1 rings (SSSR count). The molecule has 0 unspecified atom stereocenters. The van der Waals surface area contributed by atoms with E-state index in [-0.39, 0.29) is 19.1 Å². The van der Waals surface area contributed by atoms with Crippen molar-refractivity contribution in [2.24, 2.45) is 0 Å². The number of rotatable bonds is 8. The quantitative estimate of drug-likeness (QED) is 0.664. The third-order valence-corrected chi connectivity index (χ3v) is 2.93. The largest absolute Gasteiger partial charge is 0.445 e. The molecule has 7 nitrogen and oxygen atoms in total. The standard InChI is InChI=1S/C16H23N3O4/c1-3-9-17-15(21)12(2)19-14(20)10-18-16(22)23-11-13-7-5-4-6-8-13/h4-8,12H,3,9-11H2,1-2H3,(H,17,21)(H,18,22)(H,19,20)/t12-/m0/s1. The maximum Gasteiger partial charge on any atom is 0.407 e. The fourth-order valence-corrected chi connectivity index (χ4v) is 1.69. The van der Waals surface area contributed by atoms with E-state index in [1.165, 1.54) is 0 Å². The van der Waals surface area contributed by atoms with Gasteiger partial charge in [-0.2, -0.15) is 0 Å². The lowest BCUT2D eigenvalue weighted by Gasteiger charge is -2.14. The van der Waals surface area contributed by atoms with Gasteiger partial charge in [0.1, 0.15) is 19.2 Å². The Labute approximate surface area is 135 Å². The van der Waals surface area contributed by atoms with Crippen molar-refractivity contribution in [1.29, 1.82) is 0 Å². The number of hydrogen-bond acceptors (Lipinski definition) is 4. The molecule has 1 aromatic rings. The van der Waals surface area contributed by atoms with Gasteiger partial charge in [0.05, 0.1) is 0 Å². The van der Waals surface area contributed by atoms with Crippen LogP contribution in [-0.4, -0.2) is 37.0 Å². The first-order valence-corrected chi connectivity index (χ1v) is 7.54. The molecule has 0 aliphatic carbocycles. The molecule has 1 aromatic carbocycles. The van der Waals surface area contributed by atoms with E-state index < -0.39 is 18.0 Å². The number of nitrogens with one attached hydrogen (secondary N) is 3. The maximum absolute atomic E-state index is 11.6. The van der Waals surface area contributed by atoms with Crippen LogP contribution in [0.1, 0.15) is 25.8 Å². The van der Waals surface area contributed by atoms with Crippen molar-refractivity contribution in [3.05, 3.63) is 35.9 Å². The average molecular weight is 321 g/mol. The Morgan fingerprint density at radius 3 is 2.48 bits per heavy atom. The van der Waals surface area contributed by atoms with Crippen molar-refractivity contribution in [3.8, 4) is 0 Å². The van der Waals surface area contributed by atoms with Crippen LogP contribution in [0.5, 0.6) is 0 Å². The second-order valence-electron chi connectivity index (χ2n) is 5.00. The second-order valence-corrected chi connectivity index (χ2v) is 5.00. The van der Waals surface area contributed by atoms with Crippen molar-refractivity contribution in [2.75, 3.05) is 13.1 Å². The van der Waals surface area contributed by atoms with E-state index in [2.05, 4.69) is 16.0 Å². The molecule has 0 fully saturated rings. The van der Waals surface area contributed by atoms with Crippen LogP contribution in [0.4, 0.5) is 4.79 Å². The fraction of sp³-hybridized carbons (Fsp3) is 0.438. The van der Waals surface area contributed by atoms with Gasteiger partial charge in [0.2, 0.25) is 11.8 Å². The zero-order valence-electron chi connectivity index (χ0n) is 13.4. The number of hydrogen-bond donors (Lipinski definition) is 3. The topological polar surface area (TPSA) is 96.5 Å². The van der Waals surface area contributed by atoms with Crippen LogP contribution in [0.2, 0.25) is 0 Å².